The SMILES string of the molecule is C=Cc1ccc(OCc2cccc(-n3cnnn3)c2)c(CCC)c1O. The third-order valence-corrected chi connectivity index (χ3v) is 3.91. The van der Waals surface area contributed by atoms with E-state index in [9.17, 15) is 5.11 Å². The van der Waals surface area contributed by atoms with E-state index in [0.717, 1.165) is 35.2 Å². The number of ether oxygens (including phenoxy) is 1. The third-order valence-electron chi connectivity index (χ3n) is 3.91. The lowest BCUT2D eigenvalue weighted by Crippen LogP contribution is -2.01. The van der Waals surface area contributed by atoms with Crippen LogP contribution >= 0.6 is 0 Å². The second-order valence-corrected chi connectivity index (χ2v) is 5.65. The molecule has 0 aliphatic heterocycles. The molecule has 128 valence electrons. The summed E-state index contributed by atoms with van der Waals surface area (Å²) >= 11 is 0. The minimum atomic E-state index is 0.247. The number of nitrogens with zero attached hydrogens (tertiary/aromatic N) is 4. The van der Waals surface area contributed by atoms with Crippen molar-refractivity contribution in [1.82, 2.24) is 20.2 Å². The fraction of sp³-hybridized carbons (Fsp3) is 0.211. The first-order valence-electron chi connectivity index (χ1n) is 8.15. The van der Waals surface area contributed by atoms with Crippen LogP contribution in [0.5, 0.6) is 11.5 Å². The molecule has 0 atom stereocenters. The zero-order valence-corrected chi connectivity index (χ0v) is 14.1. The van der Waals surface area contributed by atoms with Crippen LogP contribution < -0.4 is 4.74 Å². The Morgan fingerprint density at radius 3 is 2.88 bits per heavy atom. The van der Waals surface area contributed by atoms with E-state index in [-0.39, 0.29) is 5.75 Å². The number of phenolic OH excluding ortho intramolecular Hbond substituents is 1. The van der Waals surface area contributed by atoms with Gasteiger partial charge in [0.1, 0.15) is 24.4 Å². The minimum absolute atomic E-state index is 0.247. The molecule has 3 rings (SSSR count). The van der Waals surface area contributed by atoms with Crippen LogP contribution in [0, 0.1) is 0 Å². The van der Waals surface area contributed by atoms with E-state index in [0.29, 0.717) is 12.4 Å². The quantitative estimate of drug-likeness (QED) is 0.714. The van der Waals surface area contributed by atoms with Gasteiger partial charge in [-0.2, -0.15) is 0 Å². The summed E-state index contributed by atoms with van der Waals surface area (Å²) in [5, 5.41) is 21.6. The number of hydrogen-bond acceptors (Lipinski definition) is 5. The normalized spacial score (nSPS) is 10.6. The van der Waals surface area contributed by atoms with Crippen LogP contribution in [0.2, 0.25) is 0 Å². The minimum Gasteiger partial charge on any atom is -0.507 e. The molecule has 0 saturated carbocycles. The number of hydrogen-bond donors (Lipinski definition) is 1. The van der Waals surface area contributed by atoms with Gasteiger partial charge in [0.2, 0.25) is 0 Å². The lowest BCUT2D eigenvalue weighted by molar-refractivity contribution is 0.300. The summed E-state index contributed by atoms with van der Waals surface area (Å²) in [4.78, 5) is 0. The highest BCUT2D eigenvalue weighted by Gasteiger charge is 2.12. The van der Waals surface area contributed by atoms with Crippen LogP contribution in [0.3, 0.4) is 0 Å². The van der Waals surface area contributed by atoms with E-state index in [1.54, 1.807) is 17.1 Å². The van der Waals surface area contributed by atoms with E-state index >= 15 is 0 Å². The van der Waals surface area contributed by atoms with E-state index in [2.05, 4.69) is 29.0 Å². The molecular weight excluding hydrogens is 316 g/mol. The van der Waals surface area contributed by atoms with Crippen molar-refractivity contribution in [2.75, 3.05) is 0 Å². The summed E-state index contributed by atoms with van der Waals surface area (Å²) in [6, 6.07) is 11.5. The number of tetrazole rings is 1. The average molecular weight is 336 g/mol. The molecule has 0 radical (unpaired) electrons. The Bertz CT molecular complexity index is 860. The van der Waals surface area contributed by atoms with Gasteiger partial charge in [0, 0.05) is 11.1 Å². The van der Waals surface area contributed by atoms with Gasteiger partial charge < -0.3 is 9.84 Å². The van der Waals surface area contributed by atoms with Gasteiger partial charge in [-0.3, -0.25) is 0 Å². The molecule has 6 nitrogen and oxygen atoms in total. The Morgan fingerprint density at radius 1 is 1.28 bits per heavy atom. The molecule has 25 heavy (non-hydrogen) atoms. The van der Waals surface area contributed by atoms with E-state index < -0.39 is 0 Å². The van der Waals surface area contributed by atoms with E-state index in [4.69, 9.17) is 4.74 Å². The third kappa shape index (κ3) is 3.68. The molecule has 6 heteroatoms. The standard InChI is InChI=1S/C19H20N4O2/c1-3-6-17-18(10-9-15(4-2)19(17)24)25-12-14-7-5-8-16(11-14)23-13-20-21-22-23/h4-5,7-11,13,24H,2-3,6,12H2,1H3. The number of rotatable bonds is 7. The molecule has 3 aromatic rings. The molecule has 0 fully saturated rings. The van der Waals surface area contributed by atoms with Crippen LogP contribution in [0.15, 0.2) is 49.3 Å². The number of benzene rings is 2. The van der Waals surface area contributed by atoms with Crippen LogP contribution in [-0.4, -0.2) is 25.3 Å². The Balaban J connectivity index is 1.81. The van der Waals surface area contributed by atoms with Crippen molar-refractivity contribution in [2.24, 2.45) is 0 Å². The molecule has 1 heterocycles. The molecule has 0 amide bonds. The first-order valence-corrected chi connectivity index (χ1v) is 8.15. The smallest absolute Gasteiger partial charge is 0.143 e. The van der Waals surface area contributed by atoms with Gasteiger partial charge in [0.15, 0.2) is 0 Å². The summed E-state index contributed by atoms with van der Waals surface area (Å²) < 4.78 is 7.57. The van der Waals surface area contributed by atoms with Crippen LogP contribution in [-0.2, 0) is 13.0 Å². The maximum absolute atomic E-state index is 10.4. The molecule has 0 aliphatic carbocycles. The Kier molecular flexibility index (Phi) is 5.09. The van der Waals surface area contributed by atoms with Crippen LogP contribution in [0.25, 0.3) is 11.8 Å². The second kappa shape index (κ2) is 7.61. The molecule has 0 spiro atoms. The van der Waals surface area contributed by atoms with E-state index in [1.165, 1.54) is 0 Å². The van der Waals surface area contributed by atoms with Crippen molar-refractivity contribution < 1.29 is 9.84 Å². The van der Waals surface area contributed by atoms with E-state index in [1.807, 2.05) is 36.4 Å². The topological polar surface area (TPSA) is 73.1 Å². The Morgan fingerprint density at radius 2 is 2.16 bits per heavy atom. The highest BCUT2D eigenvalue weighted by atomic mass is 16.5. The summed E-state index contributed by atoms with van der Waals surface area (Å²) in [6.45, 7) is 6.19. The maximum Gasteiger partial charge on any atom is 0.143 e. The molecule has 0 unspecified atom stereocenters. The predicted molar refractivity (Wildman–Crippen MR) is 95.7 cm³/mol. The maximum atomic E-state index is 10.4. The second-order valence-electron chi connectivity index (χ2n) is 5.65. The first-order chi connectivity index (χ1) is 12.2. The number of phenols is 1. The van der Waals surface area contributed by atoms with Gasteiger partial charge in [-0.1, -0.05) is 38.1 Å². The predicted octanol–water partition coefficient (Wildman–Crippen LogP) is 3.54. The van der Waals surface area contributed by atoms with Gasteiger partial charge in [-0.25, -0.2) is 4.68 Å². The first kappa shape index (κ1) is 16.7. The highest BCUT2D eigenvalue weighted by Crippen LogP contribution is 2.33. The fourth-order valence-corrected chi connectivity index (χ4v) is 2.66. The number of aromatic nitrogens is 4. The zero-order valence-electron chi connectivity index (χ0n) is 14.1. The van der Waals surface area contributed by atoms with Crippen molar-refractivity contribution in [3.8, 4) is 17.2 Å². The summed E-state index contributed by atoms with van der Waals surface area (Å²) in [5.41, 5.74) is 3.39. The lowest BCUT2D eigenvalue weighted by Gasteiger charge is -2.14. The van der Waals surface area contributed by atoms with Gasteiger partial charge in [-0.15, -0.1) is 5.10 Å². The fourth-order valence-electron chi connectivity index (χ4n) is 2.66. The van der Waals surface area contributed by atoms with Crippen molar-refractivity contribution >= 4 is 6.08 Å². The van der Waals surface area contributed by atoms with Crippen molar-refractivity contribution in [2.45, 2.75) is 26.4 Å². The molecule has 0 saturated heterocycles. The Hall–Kier alpha value is -3.15. The molecule has 1 aromatic heterocycles. The molecule has 2 aromatic carbocycles. The van der Waals surface area contributed by atoms with Crippen LogP contribution in [0.4, 0.5) is 0 Å². The lowest BCUT2D eigenvalue weighted by atomic mass is 10.0. The summed E-state index contributed by atoms with van der Waals surface area (Å²) in [6.07, 6.45) is 4.85. The Labute approximate surface area is 146 Å². The largest absolute Gasteiger partial charge is 0.507 e. The zero-order chi connectivity index (χ0) is 17.6. The average Bonchev–Trinajstić information content (AvgIpc) is 3.17. The number of aromatic hydroxyl groups is 1. The van der Waals surface area contributed by atoms with Gasteiger partial charge in [0.05, 0.1) is 5.69 Å². The summed E-state index contributed by atoms with van der Waals surface area (Å²) in [5.74, 6) is 0.939. The molecular formula is C19H20N4O2. The molecule has 1 N–H and O–H groups in total. The van der Waals surface area contributed by atoms with Gasteiger partial charge >= 0.3 is 0 Å². The van der Waals surface area contributed by atoms with Gasteiger partial charge in [-0.05, 0) is 46.7 Å². The highest BCUT2D eigenvalue weighted by molar-refractivity contribution is 5.61. The monoisotopic (exact) mass is 336 g/mol. The van der Waals surface area contributed by atoms with Gasteiger partial charge in [0.25, 0.3) is 0 Å². The molecule has 0 aliphatic rings. The van der Waals surface area contributed by atoms with Crippen molar-refractivity contribution in [3.05, 3.63) is 66.0 Å². The van der Waals surface area contributed by atoms with Crippen LogP contribution in [0.1, 0.15) is 30.0 Å². The van der Waals surface area contributed by atoms with Crippen molar-refractivity contribution in [3.63, 3.8) is 0 Å². The summed E-state index contributed by atoms with van der Waals surface area (Å²) in [7, 11) is 0. The molecule has 0 bridgehead atoms. The van der Waals surface area contributed by atoms with Crippen molar-refractivity contribution in [1.29, 1.82) is 0 Å².